The van der Waals surface area contributed by atoms with Crippen molar-refractivity contribution in [1.82, 2.24) is 5.32 Å². The zero-order valence-electron chi connectivity index (χ0n) is 9.99. The molecule has 1 aromatic carbocycles. The van der Waals surface area contributed by atoms with Gasteiger partial charge in [0.25, 0.3) is 0 Å². The number of amides is 2. The zero-order valence-corrected chi connectivity index (χ0v) is 9.99. The first-order chi connectivity index (χ1) is 8.70. The van der Waals surface area contributed by atoms with E-state index in [1.807, 2.05) is 0 Å². The van der Waals surface area contributed by atoms with E-state index >= 15 is 0 Å². The van der Waals surface area contributed by atoms with Crippen LogP contribution < -0.4 is 20.1 Å². The number of carbonyl (C=O) groups excluding carboxylic acids is 2. The fourth-order valence-corrected chi connectivity index (χ4v) is 1.55. The van der Waals surface area contributed by atoms with Crippen LogP contribution in [0.2, 0.25) is 0 Å². The van der Waals surface area contributed by atoms with E-state index in [2.05, 4.69) is 10.6 Å². The third-order valence-electron chi connectivity index (χ3n) is 2.34. The molecule has 1 aromatic rings. The lowest BCUT2D eigenvalue weighted by molar-refractivity contribution is -0.136. The average molecular weight is 250 g/mol. The van der Waals surface area contributed by atoms with Gasteiger partial charge in [0.2, 0.25) is 0 Å². The largest absolute Gasteiger partial charge is 0.486 e. The van der Waals surface area contributed by atoms with Gasteiger partial charge in [-0.05, 0) is 19.1 Å². The summed E-state index contributed by atoms with van der Waals surface area (Å²) in [4.78, 5) is 22.7. The van der Waals surface area contributed by atoms with Crippen molar-refractivity contribution in [3.05, 3.63) is 18.2 Å². The molecule has 0 unspecified atom stereocenters. The molecule has 96 valence electrons. The Labute approximate surface area is 104 Å². The van der Waals surface area contributed by atoms with Gasteiger partial charge in [-0.3, -0.25) is 9.59 Å². The Morgan fingerprint density at radius 2 is 1.89 bits per heavy atom. The van der Waals surface area contributed by atoms with E-state index < -0.39 is 11.8 Å². The van der Waals surface area contributed by atoms with Crippen LogP contribution in [0.15, 0.2) is 18.2 Å². The molecular formula is C12H14N2O4. The quantitative estimate of drug-likeness (QED) is 0.751. The second kappa shape index (κ2) is 5.39. The van der Waals surface area contributed by atoms with Gasteiger partial charge in [-0.15, -0.1) is 0 Å². The minimum absolute atomic E-state index is 0.410. The third-order valence-corrected chi connectivity index (χ3v) is 2.34. The maximum atomic E-state index is 11.5. The molecule has 0 aromatic heterocycles. The first-order valence-electron chi connectivity index (χ1n) is 5.69. The number of hydrogen-bond donors (Lipinski definition) is 2. The predicted octanol–water partition coefficient (Wildman–Crippen LogP) is 0.532. The highest BCUT2D eigenvalue weighted by Crippen LogP contribution is 2.32. The summed E-state index contributed by atoms with van der Waals surface area (Å²) in [6, 6.07) is 4.98. The van der Waals surface area contributed by atoms with Crippen molar-refractivity contribution in [2.45, 2.75) is 6.92 Å². The zero-order chi connectivity index (χ0) is 13.0. The van der Waals surface area contributed by atoms with Crippen molar-refractivity contribution < 1.29 is 19.1 Å². The molecule has 1 heterocycles. The van der Waals surface area contributed by atoms with E-state index in [1.165, 1.54) is 0 Å². The van der Waals surface area contributed by atoms with Crippen LogP contribution in [0.25, 0.3) is 0 Å². The molecule has 2 amide bonds. The van der Waals surface area contributed by atoms with E-state index in [0.29, 0.717) is 36.9 Å². The van der Waals surface area contributed by atoms with Gasteiger partial charge in [0.1, 0.15) is 13.2 Å². The number of nitrogens with one attached hydrogen (secondary N) is 2. The SMILES string of the molecule is CCNC(=O)C(=O)Nc1ccc2c(c1)OCCO2. The summed E-state index contributed by atoms with van der Waals surface area (Å²) < 4.78 is 10.7. The van der Waals surface area contributed by atoms with Crippen LogP contribution in [-0.4, -0.2) is 31.6 Å². The molecular weight excluding hydrogens is 236 g/mol. The molecule has 1 aliphatic rings. The van der Waals surface area contributed by atoms with Crippen LogP contribution in [-0.2, 0) is 9.59 Å². The molecule has 18 heavy (non-hydrogen) atoms. The average Bonchev–Trinajstić information content (AvgIpc) is 2.39. The summed E-state index contributed by atoms with van der Waals surface area (Å²) in [6.45, 7) is 3.14. The Kier molecular flexibility index (Phi) is 3.66. The normalized spacial score (nSPS) is 12.7. The fraction of sp³-hybridized carbons (Fsp3) is 0.333. The summed E-state index contributed by atoms with van der Waals surface area (Å²) in [5.41, 5.74) is 0.496. The monoisotopic (exact) mass is 250 g/mol. The fourth-order valence-electron chi connectivity index (χ4n) is 1.55. The molecule has 6 heteroatoms. The lowest BCUT2D eigenvalue weighted by Gasteiger charge is -2.18. The highest BCUT2D eigenvalue weighted by molar-refractivity contribution is 6.39. The smallest absolute Gasteiger partial charge is 0.313 e. The summed E-state index contributed by atoms with van der Waals surface area (Å²) in [6.07, 6.45) is 0. The second-order valence-corrected chi connectivity index (χ2v) is 3.67. The van der Waals surface area contributed by atoms with Gasteiger partial charge in [0, 0.05) is 18.3 Å². The molecule has 6 nitrogen and oxygen atoms in total. The molecule has 0 bridgehead atoms. The second-order valence-electron chi connectivity index (χ2n) is 3.67. The molecule has 2 N–H and O–H groups in total. The van der Waals surface area contributed by atoms with Gasteiger partial charge in [0.15, 0.2) is 11.5 Å². The Balaban J connectivity index is 2.06. The number of likely N-dealkylation sites (N-methyl/N-ethyl adjacent to an activating group) is 1. The van der Waals surface area contributed by atoms with Crippen molar-refractivity contribution in [3.63, 3.8) is 0 Å². The van der Waals surface area contributed by atoms with Gasteiger partial charge in [0.05, 0.1) is 0 Å². The molecule has 2 rings (SSSR count). The lowest BCUT2D eigenvalue weighted by Crippen LogP contribution is -2.35. The van der Waals surface area contributed by atoms with Crippen molar-refractivity contribution >= 4 is 17.5 Å². The molecule has 0 fully saturated rings. The molecule has 0 atom stereocenters. The molecule has 0 radical (unpaired) electrons. The standard InChI is InChI=1S/C12H14N2O4/c1-2-13-11(15)12(16)14-8-3-4-9-10(7-8)18-6-5-17-9/h3-4,7H,2,5-6H2,1H3,(H,13,15)(H,14,16). The highest BCUT2D eigenvalue weighted by Gasteiger charge is 2.15. The van der Waals surface area contributed by atoms with Crippen molar-refractivity contribution in [2.24, 2.45) is 0 Å². The van der Waals surface area contributed by atoms with Crippen molar-refractivity contribution in [3.8, 4) is 11.5 Å². The van der Waals surface area contributed by atoms with Gasteiger partial charge < -0.3 is 20.1 Å². The Hall–Kier alpha value is -2.24. The number of ether oxygens (including phenoxy) is 2. The van der Waals surface area contributed by atoms with E-state index in [-0.39, 0.29) is 0 Å². The summed E-state index contributed by atoms with van der Waals surface area (Å²) in [5.74, 6) is -0.159. The topological polar surface area (TPSA) is 76.7 Å². The molecule has 0 saturated carbocycles. The van der Waals surface area contributed by atoms with Crippen LogP contribution in [0.3, 0.4) is 0 Å². The minimum Gasteiger partial charge on any atom is -0.486 e. The van der Waals surface area contributed by atoms with E-state index in [4.69, 9.17) is 9.47 Å². The summed E-state index contributed by atoms with van der Waals surface area (Å²) in [7, 11) is 0. The lowest BCUT2D eigenvalue weighted by atomic mass is 10.2. The van der Waals surface area contributed by atoms with Crippen LogP contribution in [0.4, 0.5) is 5.69 Å². The summed E-state index contributed by atoms with van der Waals surface area (Å²) in [5, 5.41) is 4.91. The first-order valence-corrected chi connectivity index (χ1v) is 5.69. The van der Waals surface area contributed by atoms with Gasteiger partial charge in [-0.2, -0.15) is 0 Å². The maximum absolute atomic E-state index is 11.5. The van der Waals surface area contributed by atoms with Gasteiger partial charge >= 0.3 is 11.8 Å². The minimum atomic E-state index is -0.700. The van der Waals surface area contributed by atoms with E-state index in [9.17, 15) is 9.59 Å². The summed E-state index contributed by atoms with van der Waals surface area (Å²) >= 11 is 0. The van der Waals surface area contributed by atoms with Crippen LogP contribution in [0, 0.1) is 0 Å². The number of benzene rings is 1. The first kappa shape index (κ1) is 12.2. The number of anilines is 1. The number of carbonyl (C=O) groups is 2. The highest BCUT2D eigenvalue weighted by atomic mass is 16.6. The third kappa shape index (κ3) is 2.71. The van der Waals surface area contributed by atoms with E-state index in [1.54, 1.807) is 25.1 Å². The van der Waals surface area contributed by atoms with Crippen LogP contribution >= 0.6 is 0 Å². The molecule has 0 aliphatic carbocycles. The van der Waals surface area contributed by atoms with Gasteiger partial charge in [-0.25, -0.2) is 0 Å². The Morgan fingerprint density at radius 1 is 1.17 bits per heavy atom. The Bertz CT molecular complexity index is 473. The maximum Gasteiger partial charge on any atom is 0.313 e. The van der Waals surface area contributed by atoms with E-state index in [0.717, 1.165) is 0 Å². The molecule has 0 spiro atoms. The number of hydrogen-bond acceptors (Lipinski definition) is 4. The predicted molar refractivity (Wildman–Crippen MR) is 64.7 cm³/mol. The van der Waals surface area contributed by atoms with Crippen LogP contribution in [0.1, 0.15) is 6.92 Å². The van der Waals surface area contributed by atoms with Gasteiger partial charge in [-0.1, -0.05) is 0 Å². The Morgan fingerprint density at radius 3 is 2.61 bits per heavy atom. The van der Waals surface area contributed by atoms with Crippen molar-refractivity contribution in [1.29, 1.82) is 0 Å². The van der Waals surface area contributed by atoms with Crippen molar-refractivity contribution in [2.75, 3.05) is 25.1 Å². The molecule has 0 saturated heterocycles. The van der Waals surface area contributed by atoms with Crippen LogP contribution in [0.5, 0.6) is 11.5 Å². The number of fused-ring (bicyclic) bond motifs is 1. The number of rotatable bonds is 2. The molecule has 1 aliphatic heterocycles.